The fourth-order valence-electron chi connectivity index (χ4n) is 3.97. The van der Waals surface area contributed by atoms with Crippen molar-refractivity contribution in [2.45, 2.75) is 19.3 Å². The van der Waals surface area contributed by atoms with Crippen LogP contribution in [0.5, 0.6) is 0 Å². The number of nitrogens with zero attached hydrogens (tertiary/aromatic N) is 8. The first-order valence-corrected chi connectivity index (χ1v) is 17.6. The molecule has 0 saturated carbocycles. The summed E-state index contributed by atoms with van der Waals surface area (Å²) in [5.41, 5.74) is 7.23. The van der Waals surface area contributed by atoms with Gasteiger partial charge in [0.2, 0.25) is 31.7 Å². The Morgan fingerprint density at radius 1 is 0.735 bits per heavy atom. The zero-order valence-corrected chi connectivity index (χ0v) is 27.4. The monoisotopic (exact) mass is 719 g/mol. The summed E-state index contributed by atoms with van der Waals surface area (Å²) in [6, 6.07) is 17.1. The predicted molar refractivity (Wildman–Crippen MR) is 171 cm³/mol. The second-order valence-electron chi connectivity index (χ2n) is 10.1. The number of ketones is 1. The van der Waals surface area contributed by atoms with Crippen LogP contribution < -0.4 is 14.3 Å². The van der Waals surface area contributed by atoms with E-state index in [9.17, 15) is 34.8 Å². The minimum atomic E-state index is -4.77. The van der Waals surface area contributed by atoms with Crippen molar-refractivity contribution in [1.82, 2.24) is 30.1 Å². The molecule has 0 atom stereocenters. The number of carbonyl (C=O) groups excluding carboxylic acids is 1. The van der Waals surface area contributed by atoms with Crippen LogP contribution in [0, 0.1) is 0 Å². The molecule has 0 bridgehead atoms. The molecule has 15 nitrogen and oxygen atoms in total. The molecule has 0 radical (unpaired) electrons. The van der Waals surface area contributed by atoms with Gasteiger partial charge in [-0.1, -0.05) is 36.4 Å². The van der Waals surface area contributed by atoms with Crippen LogP contribution in [0.3, 0.4) is 0 Å². The zero-order chi connectivity index (χ0) is 35.8. The number of anilines is 2. The molecule has 0 fully saturated rings. The topological polar surface area (TPSA) is 208 Å². The molecule has 0 aliphatic carbocycles. The standard InChI is InChI=1S/C15H12F3N5O3S.C14H16N4O3S/c1-27(24,25)23(11-5-3-2-4-6-11)9-10-7-19-12(20-8-10)13-21-22-14(26-13)15(16,17)18;1-22(20,21)18(12-5-3-2-4-6-12)10-11-8-16-14(17-9-11)13(19)7-15/h2-8H,9H2,1H3;2-6,8-9H,7,10,15H2,1H3. The van der Waals surface area contributed by atoms with Gasteiger partial charge in [0.15, 0.2) is 5.82 Å². The average Bonchev–Trinajstić information content (AvgIpc) is 3.58. The first-order valence-electron chi connectivity index (χ1n) is 13.9. The third-order valence-corrected chi connectivity index (χ3v) is 8.53. The molecule has 0 spiro atoms. The minimum Gasteiger partial charge on any atom is -0.410 e. The number of hydrogen-bond acceptors (Lipinski definition) is 13. The Kier molecular flexibility index (Phi) is 11.4. The molecule has 2 N–H and O–H groups in total. The number of para-hydroxylation sites is 2. The Balaban J connectivity index is 0.000000226. The molecule has 0 aliphatic rings. The van der Waals surface area contributed by atoms with Crippen molar-refractivity contribution in [2.75, 3.05) is 27.7 Å². The molecule has 5 aromatic rings. The first-order chi connectivity index (χ1) is 23.1. The van der Waals surface area contributed by atoms with Gasteiger partial charge in [0.25, 0.3) is 5.89 Å². The predicted octanol–water partition coefficient (Wildman–Crippen LogP) is 3.10. The highest BCUT2D eigenvalue weighted by molar-refractivity contribution is 7.92. The van der Waals surface area contributed by atoms with Crippen LogP contribution in [0.4, 0.5) is 24.5 Å². The van der Waals surface area contributed by atoms with E-state index in [0.717, 1.165) is 16.8 Å². The smallest absolute Gasteiger partial charge is 0.410 e. The maximum Gasteiger partial charge on any atom is 0.470 e. The molecular formula is C29H28F3N9O6S2. The summed E-state index contributed by atoms with van der Waals surface area (Å²) in [6.45, 7) is -0.139. The van der Waals surface area contributed by atoms with Gasteiger partial charge in [0.1, 0.15) is 0 Å². The van der Waals surface area contributed by atoms with Crippen LogP contribution in [-0.4, -0.2) is 71.8 Å². The lowest BCUT2D eigenvalue weighted by atomic mass is 10.3. The van der Waals surface area contributed by atoms with Gasteiger partial charge in [-0.25, -0.2) is 36.8 Å². The molecule has 0 aliphatic heterocycles. The summed E-state index contributed by atoms with van der Waals surface area (Å²) >= 11 is 0. The van der Waals surface area contributed by atoms with Gasteiger partial charge < -0.3 is 10.2 Å². The Bertz CT molecular complexity index is 2070. The first kappa shape index (κ1) is 36.5. The number of halogens is 3. The maximum absolute atomic E-state index is 12.5. The van der Waals surface area contributed by atoms with Gasteiger partial charge in [-0.15, -0.1) is 10.2 Å². The molecule has 2 aromatic carbocycles. The Morgan fingerprint density at radius 3 is 1.53 bits per heavy atom. The van der Waals surface area contributed by atoms with E-state index in [1.807, 2.05) is 0 Å². The summed E-state index contributed by atoms with van der Waals surface area (Å²) in [5, 5.41) is 6.16. The number of benzene rings is 2. The van der Waals surface area contributed by atoms with Crippen LogP contribution in [0.15, 0.2) is 89.9 Å². The Morgan fingerprint density at radius 2 is 1.16 bits per heavy atom. The van der Waals surface area contributed by atoms with E-state index in [1.165, 1.54) is 29.1 Å². The van der Waals surface area contributed by atoms with Gasteiger partial charge in [-0.3, -0.25) is 13.4 Å². The second-order valence-corrected chi connectivity index (χ2v) is 13.9. The zero-order valence-electron chi connectivity index (χ0n) is 25.8. The highest BCUT2D eigenvalue weighted by Crippen LogP contribution is 2.29. The summed E-state index contributed by atoms with van der Waals surface area (Å²) in [6.07, 6.45) is 2.84. The molecule has 20 heteroatoms. The summed E-state index contributed by atoms with van der Waals surface area (Å²) in [7, 11) is -7.04. The lowest BCUT2D eigenvalue weighted by Crippen LogP contribution is -2.29. The fraction of sp³-hybridized carbons (Fsp3) is 0.207. The Labute approximate surface area is 278 Å². The number of carbonyl (C=O) groups is 1. The van der Waals surface area contributed by atoms with E-state index in [2.05, 4.69) is 34.6 Å². The van der Waals surface area contributed by atoms with Crippen LogP contribution in [0.25, 0.3) is 11.7 Å². The lowest BCUT2D eigenvalue weighted by molar-refractivity contribution is -0.157. The van der Waals surface area contributed by atoms with Gasteiger partial charge in [-0.05, 0) is 24.3 Å². The third-order valence-electron chi connectivity index (χ3n) is 6.25. The SMILES string of the molecule is CS(=O)(=O)N(Cc1cnc(-c2nnc(C(F)(F)F)o2)nc1)c1ccccc1.CS(=O)(=O)N(Cc1cnc(C(=O)CN)nc1)c1ccccc1. The molecule has 3 aromatic heterocycles. The number of aromatic nitrogens is 6. The van der Waals surface area contributed by atoms with Crippen LogP contribution in [0.2, 0.25) is 0 Å². The normalized spacial score (nSPS) is 11.7. The molecule has 3 heterocycles. The molecule has 258 valence electrons. The van der Waals surface area contributed by atoms with Crippen molar-refractivity contribution in [2.24, 2.45) is 5.73 Å². The van der Waals surface area contributed by atoms with Gasteiger partial charge in [0.05, 0.1) is 43.5 Å². The van der Waals surface area contributed by atoms with Crippen molar-refractivity contribution < 1.29 is 39.2 Å². The quantitative estimate of drug-likeness (QED) is 0.195. The maximum atomic E-state index is 12.5. The van der Waals surface area contributed by atoms with E-state index in [4.69, 9.17) is 5.73 Å². The fourth-order valence-corrected chi connectivity index (χ4v) is 5.74. The van der Waals surface area contributed by atoms with E-state index in [1.54, 1.807) is 60.7 Å². The van der Waals surface area contributed by atoms with E-state index < -0.39 is 38.0 Å². The molecular weight excluding hydrogens is 692 g/mol. The number of alkyl halides is 3. The van der Waals surface area contributed by atoms with Crippen LogP contribution >= 0.6 is 0 Å². The van der Waals surface area contributed by atoms with Crippen LogP contribution in [-0.2, 0) is 39.3 Å². The second kappa shape index (κ2) is 15.3. The number of rotatable bonds is 11. The van der Waals surface area contributed by atoms with Crippen molar-refractivity contribution in [1.29, 1.82) is 0 Å². The van der Waals surface area contributed by atoms with E-state index in [-0.39, 0.29) is 37.1 Å². The van der Waals surface area contributed by atoms with Crippen LogP contribution in [0.1, 0.15) is 27.6 Å². The minimum absolute atomic E-state index is 0.0249. The highest BCUT2D eigenvalue weighted by atomic mass is 32.2. The van der Waals surface area contributed by atoms with Crippen molar-refractivity contribution in [3.8, 4) is 11.7 Å². The third kappa shape index (κ3) is 10.1. The largest absolute Gasteiger partial charge is 0.470 e. The van der Waals surface area contributed by atoms with Crippen molar-refractivity contribution in [3.63, 3.8) is 0 Å². The number of nitrogens with two attached hydrogens (primary N) is 1. The lowest BCUT2D eigenvalue weighted by Gasteiger charge is -2.22. The van der Waals surface area contributed by atoms with Crippen molar-refractivity contribution >= 4 is 37.2 Å². The molecule has 5 rings (SSSR count). The van der Waals surface area contributed by atoms with Crippen molar-refractivity contribution in [3.05, 3.63) is 108 Å². The number of Topliss-reactive ketones (excluding diaryl/α,β-unsaturated/α-hetero) is 1. The molecule has 0 amide bonds. The molecule has 49 heavy (non-hydrogen) atoms. The summed E-state index contributed by atoms with van der Waals surface area (Å²) in [4.78, 5) is 27.0. The highest BCUT2D eigenvalue weighted by Gasteiger charge is 2.38. The van der Waals surface area contributed by atoms with E-state index >= 15 is 0 Å². The van der Waals surface area contributed by atoms with Gasteiger partial charge in [0, 0.05) is 35.9 Å². The number of hydrogen-bond donors (Lipinski definition) is 1. The summed E-state index contributed by atoms with van der Waals surface area (Å²) < 4.78 is 92.5. The number of sulfonamides is 2. The summed E-state index contributed by atoms with van der Waals surface area (Å²) in [5.74, 6) is -2.53. The average molecular weight is 720 g/mol. The van der Waals surface area contributed by atoms with E-state index in [0.29, 0.717) is 22.5 Å². The molecule has 0 saturated heterocycles. The van der Waals surface area contributed by atoms with Gasteiger partial charge in [-0.2, -0.15) is 13.2 Å². The Hall–Kier alpha value is -5.34. The van der Waals surface area contributed by atoms with Gasteiger partial charge >= 0.3 is 12.1 Å². The molecule has 0 unspecified atom stereocenters.